The van der Waals surface area contributed by atoms with Crippen molar-refractivity contribution in [2.24, 2.45) is 0 Å². The van der Waals surface area contributed by atoms with Crippen molar-refractivity contribution >= 4 is 5.57 Å². The van der Waals surface area contributed by atoms with Crippen LogP contribution >= 0.6 is 0 Å². The second-order valence-electron chi connectivity index (χ2n) is 7.03. The van der Waals surface area contributed by atoms with Crippen LogP contribution in [0.4, 0.5) is 4.39 Å². The van der Waals surface area contributed by atoms with Crippen LogP contribution in [0, 0.1) is 5.82 Å². The smallest absolute Gasteiger partial charge is 0.128 e. The molecule has 130 valence electrons. The molecule has 0 saturated heterocycles. The van der Waals surface area contributed by atoms with Crippen molar-refractivity contribution in [3.63, 3.8) is 0 Å². The summed E-state index contributed by atoms with van der Waals surface area (Å²) < 4.78 is 19.5. The third kappa shape index (κ3) is 3.08. The van der Waals surface area contributed by atoms with Gasteiger partial charge >= 0.3 is 0 Å². The highest BCUT2D eigenvalue weighted by Gasteiger charge is 2.27. The Morgan fingerprint density at radius 2 is 1.54 bits per heavy atom. The van der Waals surface area contributed by atoms with Gasteiger partial charge in [0.15, 0.2) is 0 Å². The van der Waals surface area contributed by atoms with Crippen molar-refractivity contribution < 1.29 is 14.2 Å². The van der Waals surface area contributed by atoms with E-state index in [1.807, 2.05) is 38.1 Å². The van der Waals surface area contributed by atoms with Gasteiger partial charge in [-0.25, -0.2) is 4.39 Å². The first-order chi connectivity index (χ1) is 12.4. The Kier molecular flexibility index (Phi) is 3.80. The number of halogens is 1. The maximum absolute atomic E-state index is 13.4. The van der Waals surface area contributed by atoms with Crippen molar-refractivity contribution in [3.05, 3.63) is 89.8 Å². The lowest BCUT2D eigenvalue weighted by Crippen LogP contribution is -2.29. The lowest BCUT2D eigenvalue weighted by molar-refractivity contribution is 0.158. The van der Waals surface area contributed by atoms with E-state index in [-0.39, 0.29) is 11.6 Å². The van der Waals surface area contributed by atoms with Crippen LogP contribution in [0.25, 0.3) is 16.7 Å². The van der Waals surface area contributed by atoms with Crippen molar-refractivity contribution in [2.75, 3.05) is 0 Å². The summed E-state index contributed by atoms with van der Waals surface area (Å²) >= 11 is 0. The average molecular weight is 346 g/mol. The summed E-state index contributed by atoms with van der Waals surface area (Å²) in [4.78, 5) is 0. The standard InChI is InChI=1S/C23H19FO2/c1-23(2)14-21(15-6-9-18(24)10-7-15)20-13-17(8-11-22(20)26-23)16-4-3-5-19(25)12-16/h3-14,25H,1-2H3. The molecule has 4 rings (SSSR count). The third-order valence-corrected chi connectivity index (χ3v) is 4.47. The summed E-state index contributed by atoms with van der Waals surface area (Å²) in [6, 6.07) is 19.7. The van der Waals surface area contributed by atoms with E-state index in [1.54, 1.807) is 24.3 Å². The van der Waals surface area contributed by atoms with Crippen molar-refractivity contribution in [3.8, 4) is 22.6 Å². The summed E-state index contributed by atoms with van der Waals surface area (Å²) in [5.74, 6) is 0.766. The summed E-state index contributed by atoms with van der Waals surface area (Å²) in [6.07, 6.45) is 2.06. The second kappa shape index (κ2) is 6.03. The van der Waals surface area contributed by atoms with E-state index in [0.29, 0.717) is 0 Å². The largest absolute Gasteiger partial charge is 0.508 e. The van der Waals surface area contributed by atoms with Gasteiger partial charge in [0.2, 0.25) is 0 Å². The average Bonchev–Trinajstić information content (AvgIpc) is 2.61. The Morgan fingerprint density at radius 3 is 2.27 bits per heavy atom. The van der Waals surface area contributed by atoms with Crippen LogP contribution in [0.15, 0.2) is 72.8 Å². The Balaban J connectivity index is 1.87. The number of hydrogen-bond donors (Lipinski definition) is 1. The van der Waals surface area contributed by atoms with Gasteiger partial charge in [-0.1, -0.05) is 30.3 Å². The Morgan fingerprint density at radius 1 is 0.846 bits per heavy atom. The number of hydrogen-bond acceptors (Lipinski definition) is 2. The van der Waals surface area contributed by atoms with Crippen LogP contribution in [-0.4, -0.2) is 10.7 Å². The first-order valence-corrected chi connectivity index (χ1v) is 8.53. The number of ether oxygens (including phenoxy) is 1. The number of aromatic hydroxyl groups is 1. The van der Waals surface area contributed by atoms with Crippen LogP contribution < -0.4 is 4.74 Å². The molecule has 0 amide bonds. The predicted molar refractivity (Wildman–Crippen MR) is 102 cm³/mol. The van der Waals surface area contributed by atoms with E-state index in [2.05, 4.69) is 12.1 Å². The zero-order valence-corrected chi connectivity index (χ0v) is 14.7. The molecule has 0 aliphatic carbocycles. The van der Waals surface area contributed by atoms with Crippen molar-refractivity contribution in [1.82, 2.24) is 0 Å². The number of phenols is 1. The van der Waals surface area contributed by atoms with E-state index in [1.165, 1.54) is 12.1 Å². The number of phenolic OH excluding ortho intramolecular Hbond substituents is 1. The maximum atomic E-state index is 13.4. The maximum Gasteiger partial charge on any atom is 0.128 e. The summed E-state index contributed by atoms with van der Waals surface area (Å²) in [5, 5.41) is 9.77. The van der Waals surface area contributed by atoms with Gasteiger partial charge in [-0.2, -0.15) is 0 Å². The molecule has 0 spiro atoms. The van der Waals surface area contributed by atoms with Crippen molar-refractivity contribution in [2.45, 2.75) is 19.4 Å². The molecule has 26 heavy (non-hydrogen) atoms. The lowest BCUT2D eigenvalue weighted by atomic mass is 9.88. The minimum Gasteiger partial charge on any atom is -0.508 e. The van der Waals surface area contributed by atoms with E-state index in [9.17, 15) is 9.50 Å². The predicted octanol–water partition coefficient (Wildman–Crippen LogP) is 5.80. The normalized spacial score (nSPS) is 15.0. The topological polar surface area (TPSA) is 29.5 Å². The highest BCUT2D eigenvalue weighted by Crippen LogP contribution is 2.41. The molecule has 0 bridgehead atoms. The fraction of sp³-hybridized carbons (Fsp3) is 0.130. The molecule has 0 saturated carbocycles. The Labute approximate surface area is 152 Å². The van der Waals surface area contributed by atoms with Gasteiger partial charge in [-0.3, -0.25) is 0 Å². The first kappa shape index (κ1) is 16.4. The quantitative estimate of drug-likeness (QED) is 0.635. The van der Waals surface area contributed by atoms with Gasteiger partial charge in [0, 0.05) is 5.56 Å². The zero-order chi connectivity index (χ0) is 18.3. The number of fused-ring (bicyclic) bond motifs is 1. The molecule has 1 heterocycles. The molecule has 1 aliphatic rings. The molecule has 3 aromatic rings. The van der Waals surface area contributed by atoms with Gasteiger partial charge in [-0.15, -0.1) is 0 Å². The van der Waals surface area contributed by atoms with Crippen molar-refractivity contribution in [1.29, 1.82) is 0 Å². The fourth-order valence-corrected chi connectivity index (χ4v) is 3.30. The molecule has 3 heteroatoms. The molecule has 0 radical (unpaired) electrons. The lowest BCUT2D eigenvalue weighted by Gasteiger charge is -2.31. The second-order valence-corrected chi connectivity index (χ2v) is 7.03. The molecular formula is C23H19FO2. The minimum atomic E-state index is -0.455. The highest BCUT2D eigenvalue weighted by atomic mass is 19.1. The monoisotopic (exact) mass is 346 g/mol. The molecule has 2 nitrogen and oxygen atoms in total. The molecule has 0 fully saturated rings. The number of rotatable bonds is 2. The van der Waals surface area contributed by atoms with Crippen LogP contribution in [-0.2, 0) is 0 Å². The summed E-state index contributed by atoms with van der Waals surface area (Å²) in [6.45, 7) is 4.01. The van der Waals surface area contributed by atoms with Crippen LogP contribution in [0.3, 0.4) is 0 Å². The first-order valence-electron chi connectivity index (χ1n) is 8.53. The van der Waals surface area contributed by atoms with Gasteiger partial charge < -0.3 is 9.84 Å². The molecule has 1 N–H and O–H groups in total. The fourth-order valence-electron chi connectivity index (χ4n) is 3.30. The third-order valence-electron chi connectivity index (χ3n) is 4.47. The molecule has 0 aromatic heterocycles. The van der Waals surface area contributed by atoms with Gasteiger partial charge in [-0.05, 0) is 78.6 Å². The summed E-state index contributed by atoms with van der Waals surface area (Å²) in [5.41, 5.74) is 4.36. The zero-order valence-electron chi connectivity index (χ0n) is 14.7. The van der Waals surface area contributed by atoms with Crippen LogP contribution in [0.2, 0.25) is 0 Å². The molecule has 0 atom stereocenters. The summed E-state index contributed by atoms with van der Waals surface area (Å²) in [7, 11) is 0. The molecular weight excluding hydrogens is 327 g/mol. The van der Waals surface area contributed by atoms with E-state index in [0.717, 1.165) is 33.6 Å². The molecule has 3 aromatic carbocycles. The highest BCUT2D eigenvalue weighted by molar-refractivity contribution is 5.87. The Bertz CT molecular complexity index is 1000. The van der Waals surface area contributed by atoms with E-state index in [4.69, 9.17) is 4.74 Å². The van der Waals surface area contributed by atoms with Gasteiger partial charge in [0.1, 0.15) is 22.9 Å². The molecule has 0 unspecified atom stereocenters. The minimum absolute atomic E-state index is 0.229. The molecule has 1 aliphatic heterocycles. The number of benzene rings is 3. The van der Waals surface area contributed by atoms with E-state index >= 15 is 0 Å². The van der Waals surface area contributed by atoms with Gasteiger partial charge in [0.25, 0.3) is 0 Å². The Hall–Kier alpha value is -3.07. The van der Waals surface area contributed by atoms with E-state index < -0.39 is 5.60 Å². The van der Waals surface area contributed by atoms with Gasteiger partial charge in [0.05, 0.1) is 0 Å². The van der Waals surface area contributed by atoms with Crippen LogP contribution in [0.5, 0.6) is 11.5 Å². The van der Waals surface area contributed by atoms with Crippen LogP contribution in [0.1, 0.15) is 25.0 Å². The SMILES string of the molecule is CC1(C)C=C(c2ccc(F)cc2)c2cc(-c3cccc(O)c3)ccc2O1.